The average molecular weight is 547 g/mol. The SMILES string of the molecule is CCOc1cc(CN(CCI)CCI)cc(OCC)c1OCC. The molecule has 0 bridgehead atoms. The van der Waals surface area contributed by atoms with E-state index in [1.54, 1.807) is 0 Å². The van der Waals surface area contributed by atoms with E-state index in [1.165, 1.54) is 5.56 Å². The van der Waals surface area contributed by atoms with Gasteiger partial charge in [0.1, 0.15) is 0 Å². The molecule has 23 heavy (non-hydrogen) atoms. The van der Waals surface area contributed by atoms with Crippen LogP contribution in [0.5, 0.6) is 17.2 Å². The van der Waals surface area contributed by atoms with Gasteiger partial charge in [-0.3, -0.25) is 4.90 Å². The van der Waals surface area contributed by atoms with Crippen LogP contribution >= 0.6 is 45.2 Å². The minimum absolute atomic E-state index is 0.593. The van der Waals surface area contributed by atoms with Crippen LogP contribution in [-0.4, -0.2) is 46.7 Å². The summed E-state index contributed by atoms with van der Waals surface area (Å²) in [6.45, 7) is 10.8. The Kier molecular flexibility index (Phi) is 11.4. The van der Waals surface area contributed by atoms with Gasteiger partial charge in [0.15, 0.2) is 11.5 Å². The largest absolute Gasteiger partial charge is 0.490 e. The second kappa shape index (κ2) is 12.4. The minimum Gasteiger partial charge on any atom is -0.490 e. The first kappa shape index (κ1) is 21.1. The number of rotatable bonds is 12. The van der Waals surface area contributed by atoms with E-state index in [-0.39, 0.29) is 0 Å². The fourth-order valence-electron chi connectivity index (χ4n) is 2.30. The summed E-state index contributed by atoms with van der Waals surface area (Å²) in [5.41, 5.74) is 1.20. The topological polar surface area (TPSA) is 30.9 Å². The number of hydrogen-bond donors (Lipinski definition) is 0. The van der Waals surface area contributed by atoms with Crippen molar-refractivity contribution in [2.75, 3.05) is 41.8 Å². The zero-order valence-electron chi connectivity index (χ0n) is 14.2. The maximum atomic E-state index is 5.79. The molecule has 1 aromatic rings. The van der Waals surface area contributed by atoms with Crippen molar-refractivity contribution in [2.45, 2.75) is 27.3 Å². The van der Waals surface area contributed by atoms with Gasteiger partial charge in [-0.05, 0) is 38.5 Å². The lowest BCUT2D eigenvalue weighted by Gasteiger charge is -2.22. The first-order valence-corrected chi connectivity index (χ1v) is 11.1. The highest BCUT2D eigenvalue weighted by atomic mass is 127. The van der Waals surface area contributed by atoms with E-state index in [0.717, 1.165) is 40.0 Å². The molecule has 4 nitrogen and oxygen atoms in total. The molecule has 6 heteroatoms. The van der Waals surface area contributed by atoms with Crippen molar-refractivity contribution in [3.8, 4) is 17.2 Å². The molecule has 0 radical (unpaired) electrons. The summed E-state index contributed by atoms with van der Waals surface area (Å²) in [5.74, 6) is 2.27. The van der Waals surface area contributed by atoms with Crippen LogP contribution in [0.15, 0.2) is 12.1 Å². The lowest BCUT2D eigenvalue weighted by Crippen LogP contribution is -2.27. The van der Waals surface area contributed by atoms with E-state index in [0.29, 0.717) is 25.6 Å². The molecule has 132 valence electrons. The second-order valence-electron chi connectivity index (χ2n) is 4.87. The molecule has 0 aliphatic heterocycles. The molecule has 0 N–H and O–H groups in total. The maximum absolute atomic E-state index is 5.79. The molecule has 0 aliphatic rings. The minimum atomic E-state index is 0.593. The fourth-order valence-corrected chi connectivity index (χ4v) is 3.67. The summed E-state index contributed by atoms with van der Waals surface area (Å²) in [4.78, 5) is 2.46. The first-order valence-electron chi connectivity index (χ1n) is 8.09. The summed E-state index contributed by atoms with van der Waals surface area (Å²) in [5, 5.41) is 0. The molecule has 0 aromatic heterocycles. The van der Waals surface area contributed by atoms with Gasteiger partial charge in [-0.1, -0.05) is 45.2 Å². The Morgan fingerprint density at radius 1 is 0.826 bits per heavy atom. The zero-order valence-corrected chi connectivity index (χ0v) is 18.6. The van der Waals surface area contributed by atoms with Crippen molar-refractivity contribution in [1.29, 1.82) is 0 Å². The van der Waals surface area contributed by atoms with E-state index in [4.69, 9.17) is 14.2 Å². The van der Waals surface area contributed by atoms with Crippen LogP contribution in [0.1, 0.15) is 26.3 Å². The summed E-state index contributed by atoms with van der Waals surface area (Å²) >= 11 is 4.86. The van der Waals surface area contributed by atoms with Gasteiger partial charge >= 0.3 is 0 Å². The normalized spacial score (nSPS) is 10.9. The van der Waals surface area contributed by atoms with Gasteiger partial charge in [0.2, 0.25) is 5.75 Å². The summed E-state index contributed by atoms with van der Waals surface area (Å²) in [6.07, 6.45) is 0. The Labute approximate surface area is 167 Å². The summed E-state index contributed by atoms with van der Waals surface area (Å²) < 4.78 is 19.6. The van der Waals surface area contributed by atoms with Gasteiger partial charge in [-0.15, -0.1) is 0 Å². The Morgan fingerprint density at radius 2 is 1.30 bits per heavy atom. The van der Waals surface area contributed by atoms with E-state index in [2.05, 4.69) is 62.2 Å². The molecule has 0 spiro atoms. The molecule has 0 fully saturated rings. The molecular formula is C17H27I2NO3. The first-order chi connectivity index (χ1) is 11.2. The zero-order chi connectivity index (χ0) is 17.1. The van der Waals surface area contributed by atoms with E-state index in [9.17, 15) is 0 Å². The predicted octanol–water partition coefficient (Wildman–Crippen LogP) is 4.55. The van der Waals surface area contributed by atoms with Gasteiger partial charge in [0.25, 0.3) is 0 Å². The Bertz CT molecular complexity index is 424. The summed E-state index contributed by atoms with van der Waals surface area (Å²) in [7, 11) is 0. The van der Waals surface area contributed by atoms with Crippen LogP contribution in [0.2, 0.25) is 0 Å². The van der Waals surface area contributed by atoms with Gasteiger partial charge in [0.05, 0.1) is 19.8 Å². The predicted molar refractivity (Wildman–Crippen MR) is 113 cm³/mol. The molecule has 0 heterocycles. The highest BCUT2D eigenvalue weighted by Gasteiger charge is 2.16. The molecule has 1 rings (SSSR count). The lowest BCUT2D eigenvalue weighted by molar-refractivity contribution is 0.258. The van der Waals surface area contributed by atoms with Gasteiger partial charge in [0, 0.05) is 28.5 Å². The number of alkyl halides is 2. The van der Waals surface area contributed by atoms with Gasteiger partial charge in [-0.2, -0.15) is 0 Å². The van der Waals surface area contributed by atoms with Gasteiger partial charge < -0.3 is 14.2 Å². The standard InChI is InChI=1S/C17H27I2NO3/c1-4-21-15-11-14(13-20(9-7-18)10-8-19)12-16(22-5-2)17(15)23-6-3/h11-12H,4-10,13H2,1-3H3. The van der Waals surface area contributed by atoms with E-state index >= 15 is 0 Å². The molecule has 0 aliphatic carbocycles. The quantitative estimate of drug-likeness (QED) is 0.284. The third-order valence-electron chi connectivity index (χ3n) is 3.18. The van der Waals surface area contributed by atoms with Crippen molar-refractivity contribution >= 4 is 45.2 Å². The van der Waals surface area contributed by atoms with Crippen molar-refractivity contribution in [2.24, 2.45) is 0 Å². The Balaban J connectivity index is 3.10. The average Bonchev–Trinajstić information content (AvgIpc) is 2.51. The van der Waals surface area contributed by atoms with E-state index in [1.807, 2.05) is 20.8 Å². The number of benzene rings is 1. The van der Waals surface area contributed by atoms with Crippen LogP contribution < -0.4 is 14.2 Å². The Hall–Kier alpha value is 0.0400. The molecule has 0 saturated carbocycles. The third kappa shape index (κ3) is 7.21. The number of ether oxygens (including phenoxy) is 3. The highest BCUT2D eigenvalue weighted by Crippen LogP contribution is 2.39. The number of halogens is 2. The molecule has 0 atom stereocenters. The Morgan fingerprint density at radius 3 is 1.70 bits per heavy atom. The van der Waals surface area contributed by atoms with Crippen molar-refractivity contribution in [3.63, 3.8) is 0 Å². The highest BCUT2D eigenvalue weighted by molar-refractivity contribution is 14.1. The molecular weight excluding hydrogens is 520 g/mol. The molecule has 1 aromatic carbocycles. The molecule has 0 unspecified atom stereocenters. The second-order valence-corrected chi connectivity index (χ2v) is 7.03. The van der Waals surface area contributed by atoms with Crippen molar-refractivity contribution < 1.29 is 14.2 Å². The van der Waals surface area contributed by atoms with Crippen LogP contribution in [0.4, 0.5) is 0 Å². The monoisotopic (exact) mass is 547 g/mol. The summed E-state index contributed by atoms with van der Waals surface area (Å²) in [6, 6.07) is 4.18. The third-order valence-corrected chi connectivity index (χ3v) is 4.14. The van der Waals surface area contributed by atoms with Crippen LogP contribution in [0.25, 0.3) is 0 Å². The fraction of sp³-hybridized carbons (Fsp3) is 0.647. The smallest absolute Gasteiger partial charge is 0.203 e. The maximum Gasteiger partial charge on any atom is 0.203 e. The van der Waals surface area contributed by atoms with Crippen molar-refractivity contribution in [1.82, 2.24) is 4.90 Å². The van der Waals surface area contributed by atoms with Crippen LogP contribution in [0.3, 0.4) is 0 Å². The number of nitrogens with zero attached hydrogens (tertiary/aromatic N) is 1. The van der Waals surface area contributed by atoms with Gasteiger partial charge in [-0.25, -0.2) is 0 Å². The van der Waals surface area contributed by atoms with Crippen LogP contribution in [-0.2, 0) is 6.54 Å². The lowest BCUT2D eigenvalue weighted by atomic mass is 10.1. The van der Waals surface area contributed by atoms with Crippen molar-refractivity contribution in [3.05, 3.63) is 17.7 Å². The molecule has 0 amide bonds. The number of hydrogen-bond acceptors (Lipinski definition) is 4. The van der Waals surface area contributed by atoms with Crippen LogP contribution in [0, 0.1) is 0 Å². The van der Waals surface area contributed by atoms with E-state index < -0.39 is 0 Å². The molecule has 0 saturated heterocycles.